The normalized spacial score (nSPS) is 10.4. The molecule has 2 aromatic rings. The van der Waals surface area contributed by atoms with Crippen LogP contribution in [0.3, 0.4) is 0 Å². The van der Waals surface area contributed by atoms with E-state index in [2.05, 4.69) is 20.8 Å². The van der Waals surface area contributed by atoms with E-state index in [0.717, 1.165) is 0 Å². The molecule has 0 atom stereocenters. The number of hydrogen-bond donors (Lipinski definition) is 1. The summed E-state index contributed by atoms with van der Waals surface area (Å²) in [6.07, 6.45) is 0. The summed E-state index contributed by atoms with van der Waals surface area (Å²) in [5.74, 6) is -0.460. The molecule has 0 bridgehead atoms. The van der Waals surface area contributed by atoms with Gasteiger partial charge < -0.3 is 5.32 Å². The van der Waals surface area contributed by atoms with Crippen LogP contribution >= 0.6 is 11.8 Å². The number of carbonyl (C=O) groups excluding carboxylic acids is 1. The summed E-state index contributed by atoms with van der Waals surface area (Å²) in [6, 6.07) is 5.75. The SMILES string of the molecule is CCn1nnnc1SCC(=O)Nc1cccc(F)c1. The lowest BCUT2D eigenvalue weighted by Gasteiger charge is -2.04. The number of nitrogens with one attached hydrogen (secondary N) is 1. The molecule has 1 aromatic carbocycles. The second-order valence-corrected chi connectivity index (χ2v) is 4.57. The predicted octanol–water partition coefficient (Wildman–Crippen LogP) is 1.56. The van der Waals surface area contributed by atoms with Crippen molar-refractivity contribution in [1.29, 1.82) is 0 Å². The number of carbonyl (C=O) groups is 1. The van der Waals surface area contributed by atoms with Gasteiger partial charge in [0.05, 0.1) is 5.75 Å². The summed E-state index contributed by atoms with van der Waals surface area (Å²) in [6.45, 7) is 2.55. The number of rotatable bonds is 5. The number of thioether (sulfide) groups is 1. The summed E-state index contributed by atoms with van der Waals surface area (Å²) < 4.78 is 14.5. The van der Waals surface area contributed by atoms with Gasteiger partial charge in [-0.05, 0) is 35.5 Å². The lowest BCUT2D eigenvalue weighted by Crippen LogP contribution is -2.14. The average Bonchev–Trinajstić information content (AvgIpc) is 2.83. The van der Waals surface area contributed by atoms with E-state index in [1.54, 1.807) is 10.7 Å². The first-order valence-electron chi connectivity index (χ1n) is 5.63. The first kappa shape index (κ1) is 13.5. The van der Waals surface area contributed by atoms with E-state index in [1.807, 2.05) is 6.92 Å². The van der Waals surface area contributed by atoms with E-state index < -0.39 is 0 Å². The van der Waals surface area contributed by atoms with Crippen molar-refractivity contribution in [3.05, 3.63) is 30.1 Å². The molecule has 6 nitrogen and oxygen atoms in total. The molecule has 0 saturated carbocycles. The Kier molecular flexibility index (Phi) is 4.45. The van der Waals surface area contributed by atoms with Gasteiger partial charge in [0, 0.05) is 12.2 Å². The Hall–Kier alpha value is -1.96. The van der Waals surface area contributed by atoms with E-state index in [0.29, 0.717) is 17.4 Å². The van der Waals surface area contributed by atoms with Crippen LogP contribution in [0.1, 0.15) is 6.92 Å². The Morgan fingerprint density at radius 2 is 2.37 bits per heavy atom. The van der Waals surface area contributed by atoms with Crippen molar-refractivity contribution in [2.24, 2.45) is 0 Å². The molecule has 0 fully saturated rings. The van der Waals surface area contributed by atoms with Crippen LogP contribution in [-0.4, -0.2) is 31.9 Å². The lowest BCUT2D eigenvalue weighted by atomic mass is 10.3. The molecule has 0 radical (unpaired) electrons. The minimum absolute atomic E-state index is 0.164. The highest BCUT2D eigenvalue weighted by Crippen LogP contribution is 2.14. The third kappa shape index (κ3) is 3.75. The molecule has 19 heavy (non-hydrogen) atoms. The number of tetrazole rings is 1. The Morgan fingerprint density at radius 1 is 1.53 bits per heavy atom. The number of halogens is 1. The van der Waals surface area contributed by atoms with Gasteiger partial charge in [-0.3, -0.25) is 4.79 Å². The minimum Gasteiger partial charge on any atom is -0.325 e. The highest BCUT2D eigenvalue weighted by Gasteiger charge is 2.09. The third-order valence-electron chi connectivity index (χ3n) is 2.24. The van der Waals surface area contributed by atoms with Crippen LogP contribution in [0, 0.1) is 5.82 Å². The number of amides is 1. The molecule has 0 spiro atoms. The molecule has 0 aliphatic rings. The van der Waals surface area contributed by atoms with Gasteiger partial charge in [-0.15, -0.1) is 5.10 Å². The fraction of sp³-hybridized carbons (Fsp3) is 0.273. The summed E-state index contributed by atoms with van der Waals surface area (Å²) in [7, 11) is 0. The molecule has 8 heteroatoms. The topological polar surface area (TPSA) is 72.7 Å². The first-order valence-corrected chi connectivity index (χ1v) is 6.62. The van der Waals surface area contributed by atoms with Crippen molar-refractivity contribution < 1.29 is 9.18 Å². The smallest absolute Gasteiger partial charge is 0.234 e. The maximum absolute atomic E-state index is 12.9. The molecule has 1 heterocycles. The Bertz CT molecular complexity index is 574. The van der Waals surface area contributed by atoms with Crippen LogP contribution < -0.4 is 5.32 Å². The Labute approximate surface area is 113 Å². The maximum atomic E-state index is 12.9. The molecule has 100 valence electrons. The molecular weight excluding hydrogens is 269 g/mol. The number of benzene rings is 1. The highest BCUT2D eigenvalue weighted by atomic mass is 32.2. The molecule has 0 unspecified atom stereocenters. The van der Waals surface area contributed by atoms with E-state index in [9.17, 15) is 9.18 Å². The van der Waals surface area contributed by atoms with Gasteiger partial charge in [0.1, 0.15) is 5.82 Å². The van der Waals surface area contributed by atoms with Crippen molar-refractivity contribution in [2.75, 3.05) is 11.1 Å². The van der Waals surface area contributed by atoms with Gasteiger partial charge in [0.2, 0.25) is 11.1 Å². The van der Waals surface area contributed by atoms with Crippen LogP contribution in [0.15, 0.2) is 29.4 Å². The lowest BCUT2D eigenvalue weighted by molar-refractivity contribution is -0.113. The molecule has 1 amide bonds. The molecular formula is C11H12FN5OS. The second-order valence-electron chi connectivity index (χ2n) is 3.62. The monoisotopic (exact) mass is 281 g/mol. The zero-order chi connectivity index (χ0) is 13.7. The first-order chi connectivity index (χ1) is 9.19. The van der Waals surface area contributed by atoms with Gasteiger partial charge in [-0.25, -0.2) is 9.07 Å². The number of nitrogens with zero attached hydrogens (tertiary/aromatic N) is 4. The van der Waals surface area contributed by atoms with Gasteiger partial charge in [-0.2, -0.15) is 0 Å². The molecule has 0 saturated heterocycles. The number of aromatic nitrogens is 4. The largest absolute Gasteiger partial charge is 0.325 e. The highest BCUT2D eigenvalue weighted by molar-refractivity contribution is 7.99. The van der Waals surface area contributed by atoms with E-state index in [4.69, 9.17) is 0 Å². The van der Waals surface area contributed by atoms with Gasteiger partial charge >= 0.3 is 0 Å². The van der Waals surface area contributed by atoms with Crippen LogP contribution in [0.5, 0.6) is 0 Å². The van der Waals surface area contributed by atoms with E-state index in [1.165, 1.54) is 30.0 Å². The maximum Gasteiger partial charge on any atom is 0.234 e. The van der Waals surface area contributed by atoms with E-state index in [-0.39, 0.29) is 17.5 Å². The van der Waals surface area contributed by atoms with Crippen molar-refractivity contribution in [1.82, 2.24) is 20.2 Å². The standard InChI is InChI=1S/C11H12FN5OS/c1-2-17-11(14-15-16-17)19-7-10(18)13-9-5-3-4-8(12)6-9/h3-6H,2,7H2,1H3,(H,13,18). The summed E-state index contributed by atoms with van der Waals surface area (Å²) >= 11 is 1.23. The van der Waals surface area contributed by atoms with Crippen LogP contribution in [-0.2, 0) is 11.3 Å². The van der Waals surface area contributed by atoms with Crippen LogP contribution in [0.25, 0.3) is 0 Å². The molecule has 1 N–H and O–H groups in total. The second kappa shape index (κ2) is 6.28. The van der Waals surface area contributed by atoms with Crippen molar-refractivity contribution >= 4 is 23.4 Å². The molecule has 0 aliphatic heterocycles. The average molecular weight is 281 g/mol. The van der Waals surface area contributed by atoms with Crippen molar-refractivity contribution in [3.63, 3.8) is 0 Å². The Morgan fingerprint density at radius 3 is 3.11 bits per heavy atom. The summed E-state index contributed by atoms with van der Waals surface area (Å²) in [5.41, 5.74) is 0.431. The fourth-order valence-corrected chi connectivity index (χ4v) is 2.13. The fourth-order valence-electron chi connectivity index (χ4n) is 1.39. The minimum atomic E-state index is -0.389. The van der Waals surface area contributed by atoms with E-state index >= 15 is 0 Å². The molecule has 1 aromatic heterocycles. The zero-order valence-corrected chi connectivity index (χ0v) is 11.0. The number of anilines is 1. The van der Waals surface area contributed by atoms with Gasteiger partial charge in [0.15, 0.2) is 0 Å². The molecule has 0 aliphatic carbocycles. The summed E-state index contributed by atoms with van der Waals surface area (Å²) in [5, 5.41) is 14.3. The van der Waals surface area contributed by atoms with Gasteiger partial charge in [0.25, 0.3) is 0 Å². The summed E-state index contributed by atoms with van der Waals surface area (Å²) in [4.78, 5) is 11.7. The van der Waals surface area contributed by atoms with Gasteiger partial charge in [-0.1, -0.05) is 17.8 Å². The van der Waals surface area contributed by atoms with Crippen molar-refractivity contribution in [2.45, 2.75) is 18.6 Å². The Balaban J connectivity index is 1.88. The van der Waals surface area contributed by atoms with Crippen molar-refractivity contribution in [3.8, 4) is 0 Å². The number of hydrogen-bond acceptors (Lipinski definition) is 5. The van der Waals surface area contributed by atoms with Crippen LogP contribution in [0.4, 0.5) is 10.1 Å². The molecule has 2 rings (SSSR count). The zero-order valence-electron chi connectivity index (χ0n) is 10.2. The van der Waals surface area contributed by atoms with Crippen LogP contribution in [0.2, 0.25) is 0 Å². The number of aryl methyl sites for hydroxylation is 1. The third-order valence-corrected chi connectivity index (χ3v) is 3.20. The predicted molar refractivity (Wildman–Crippen MR) is 69.2 cm³/mol. The quantitative estimate of drug-likeness (QED) is 0.842.